The first-order valence-electron chi connectivity index (χ1n) is 10.5. The molecule has 5 rings (SSSR count). The van der Waals surface area contributed by atoms with E-state index in [2.05, 4.69) is 25.9 Å². The lowest BCUT2D eigenvalue weighted by atomic mass is 10.1. The Labute approximate surface area is 200 Å². The van der Waals surface area contributed by atoms with Gasteiger partial charge in [-0.15, -0.1) is 21.5 Å². The lowest BCUT2D eigenvalue weighted by molar-refractivity contribution is 0.0954. The van der Waals surface area contributed by atoms with E-state index in [1.54, 1.807) is 43.3 Å². The smallest absolute Gasteiger partial charge is 0.336 e. The molecule has 2 aromatic carbocycles. The molecular formula is C23H18FN7O3S. The average Bonchev–Trinajstić information content (AvgIpc) is 3.56. The molecule has 0 radical (unpaired) electrons. The topological polar surface area (TPSA) is 127 Å². The highest BCUT2D eigenvalue weighted by Gasteiger charge is 2.18. The van der Waals surface area contributed by atoms with E-state index in [1.165, 1.54) is 22.7 Å². The summed E-state index contributed by atoms with van der Waals surface area (Å²) in [7, 11) is 0. The molecule has 0 saturated carbocycles. The summed E-state index contributed by atoms with van der Waals surface area (Å²) in [6.45, 7) is 1.90. The van der Waals surface area contributed by atoms with E-state index in [0.717, 1.165) is 32.6 Å². The van der Waals surface area contributed by atoms with Crippen molar-refractivity contribution < 1.29 is 9.18 Å². The van der Waals surface area contributed by atoms with E-state index in [-0.39, 0.29) is 23.8 Å². The molecule has 0 atom stereocenters. The Morgan fingerprint density at radius 2 is 1.80 bits per heavy atom. The first-order valence-corrected chi connectivity index (χ1v) is 11.3. The van der Waals surface area contributed by atoms with Crippen molar-refractivity contribution in [1.29, 1.82) is 0 Å². The van der Waals surface area contributed by atoms with Gasteiger partial charge in [0.15, 0.2) is 0 Å². The number of nitrogens with one attached hydrogen (secondary N) is 2. The molecule has 5 aromatic rings. The predicted molar refractivity (Wildman–Crippen MR) is 127 cm³/mol. The second-order valence-corrected chi connectivity index (χ2v) is 8.84. The third-order valence-electron chi connectivity index (χ3n) is 5.48. The standard InChI is InChI=1S/C23H18FN7O3S/c1-13-21(33)30(11-15-2-6-16(7-3-15)19-26-28-29-27-19)23(34)31-12-18(35-22(13)31)20(32)25-10-14-4-8-17(24)9-5-14/h2-9,12H,10-11H2,1H3,(H,25,32)(H,26,27,28,29). The Kier molecular flexibility index (Phi) is 5.79. The van der Waals surface area contributed by atoms with Crippen LogP contribution in [0.2, 0.25) is 0 Å². The van der Waals surface area contributed by atoms with Gasteiger partial charge in [-0.1, -0.05) is 36.4 Å². The highest BCUT2D eigenvalue weighted by molar-refractivity contribution is 7.19. The van der Waals surface area contributed by atoms with Gasteiger partial charge in [0.1, 0.15) is 15.5 Å². The van der Waals surface area contributed by atoms with E-state index in [0.29, 0.717) is 16.2 Å². The van der Waals surface area contributed by atoms with Crippen LogP contribution in [0, 0.1) is 12.7 Å². The monoisotopic (exact) mass is 491 g/mol. The minimum Gasteiger partial charge on any atom is -0.347 e. The quantitative estimate of drug-likeness (QED) is 0.375. The van der Waals surface area contributed by atoms with Crippen molar-refractivity contribution in [3.63, 3.8) is 0 Å². The molecule has 176 valence electrons. The highest BCUT2D eigenvalue weighted by atomic mass is 32.1. The number of carbonyl (C=O) groups is 1. The summed E-state index contributed by atoms with van der Waals surface area (Å²) in [5, 5.41) is 16.5. The van der Waals surface area contributed by atoms with Crippen molar-refractivity contribution in [2.45, 2.75) is 20.0 Å². The fourth-order valence-corrected chi connectivity index (χ4v) is 4.61. The molecule has 0 bridgehead atoms. The van der Waals surface area contributed by atoms with E-state index in [9.17, 15) is 18.8 Å². The van der Waals surface area contributed by atoms with Crippen molar-refractivity contribution in [1.82, 2.24) is 34.9 Å². The number of tetrazole rings is 1. The van der Waals surface area contributed by atoms with Gasteiger partial charge in [0, 0.05) is 23.9 Å². The number of fused-ring (bicyclic) bond motifs is 1. The van der Waals surface area contributed by atoms with Gasteiger partial charge in [0.2, 0.25) is 5.82 Å². The summed E-state index contributed by atoms with van der Waals surface area (Å²) in [5.74, 6) is -0.309. The van der Waals surface area contributed by atoms with Crippen LogP contribution in [0.25, 0.3) is 16.2 Å². The lowest BCUT2D eigenvalue weighted by Crippen LogP contribution is -2.38. The number of hydrogen-bond acceptors (Lipinski definition) is 7. The second kappa shape index (κ2) is 9.06. The molecule has 0 aliphatic heterocycles. The predicted octanol–water partition coefficient (Wildman–Crippen LogP) is 2.13. The number of nitrogens with zero attached hydrogens (tertiary/aromatic N) is 5. The fourth-order valence-electron chi connectivity index (χ4n) is 3.61. The Bertz CT molecular complexity index is 1640. The largest absolute Gasteiger partial charge is 0.347 e. The maximum atomic E-state index is 13.1. The minimum absolute atomic E-state index is 0.0654. The number of aromatic amines is 1. The number of amides is 1. The van der Waals surface area contributed by atoms with Crippen molar-refractivity contribution in [2.75, 3.05) is 0 Å². The maximum Gasteiger partial charge on any atom is 0.336 e. The van der Waals surface area contributed by atoms with Crippen LogP contribution in [0.5, 0.6) is 0 Å². The molecule has 0 aliphatic rings. The highest BCUT2D eigenvalue weighted by Crippen LogP contribution is 2.19. The van der Waals surface area contributed by atoms with E-state index >= 15 is 0 Å². The van der Waals surface area contributed by atoms with Crippen molar-refractivity contribution in [3.8, 4) is 11.4 Å². The zero-order chi connectivity index (χ0) is 24.5. The summed E-state index contributed by atoms with van der Waals surface area (Å²) in [5.41, 5.74) is 1.63. The zero-order valence-electron chi connectivity index (χ0n) is 18.4. The first kappa shape index (κ1) is 22.3. The number of thiazole rings is 1. The Balaban J connectivity index is 1.41. The first-order chi connectivity index (χ1) is 16.9. The summed E-state index contributed by atoms with van der Waals surface area (Å²) < 4.78 is 15.5. The normalized spacial score (nSPS) is 11.1. The Morgan fingerprint density at radius 3 is 2.49 bits per heavy atom. The summed E-state index contributed by atoms with van der Waals surface area (Å²) in [6, 6.07) is 12.9. The third-order valence-corrected chi connectivity index (χ3v) is 6.69. The number of hydrogen-bond donors (Lipinski definition) is 2. The van der Waals surface area contributed by atoms with Crippen molar-refractivity contribution in [2.24, 2.45) is 0 Å². The SMILES string of the molecule is Cc1c(=O)n(Cc2ccc(-c3nn[nH]n3)cc2)c(=O)n2cc(C(=O)NCc3ccc(F)cc3)sc12. The molecule has 0 aliphatic carbocycles. The fraction of sp³-hybridized carbons (Fsp3) is 0.130. The third kappa shape index (κ3) is 4.38. The number of aromatic nitrogens is 6. The van der Waals surface area contributed by atoms with E-state index in [4.69, 9.17) is 0 Å². The van der Waals surface area contributed by atoms with Crippen LogP contribution >= 0.6 is 11.3 Å². The van der Waals surface area contributed by atoms with Gasteiger partial charge in [-0.2, -0.15) is 5.21 Å². The maximum absolute atomic E-state index is 13.1. The summed E-state index contributed by atoms with van der Waals surface area (Å²) in [4.78, 5) is 39.5. The van der Waals surface area contributed by atoms with Crippen molar-refractivity contribution >= 4 is 22.1 Å². The molecule has 0 saturated heterocycles. The van der Waals surface area contributed by atoms with Crippen LogP contribution < -0.4 is 16.6 Å². The van der Waals surface area contributed by atoms with Gasteiger partial charge in [-0.25, -0.2) is 9.18 Å². The van der Waals surface area contributed by atoms with Gasteiger partial charge in [0.05, 0.1) is 6.54 Å². The molecular weight excluding hydrogens is 473 g/mol. The zero-order valence-corrected chi connectivity index (χ0v) is 19.2. The number of rotatable bonds is 6. The van der Waals surface area contributed by atoms with Gasteiger partial charge in [-0.05, 0) is 35.4 Å². The number of H-pyrrole nitrogens is 1. The number of halogens is 1. The lowest BCUT2D eigenvalue weighted by Gasteiger charge is -2.08. The van der Waals surface area contributed by atoms with Gasteiger partial charge >= 0.3 is 5.69 Å². The summed E-state index contributed by atoms with van der Waals surface area (Å²) >= 11 is 1.07. The molecule has 0 spiro atoms. The Morgan fingerprint density at radius 1 is 1.09 bits per heavy atom. The van der Waals surface area contributed by atoms with E-state index in [1.807, 2.05) is 0 Å². The van der Waals surface area contributed by atoms with E-state index < -0.39 is 17.2 Å². The average molecular weight is 492 g/mol. The molecule has 2 N–H and O–H groups in total. The number of aryl methyl sites for hydroxylation is 1. The van der Waals surface area contributed by atoms with Gasteiger partial charge in [-0.3, -0.25) is 18.6 Å². The van der Waals surface area contributed by atoms with Gasteiger partial charge in [0.25, 0.3) is 11.5 Å². The van der Waals surface area contributed by atoms with Crippen LogP contribution in [0.1, 0.15) is 26.4 Å². The number of benzene rings is 2. The molecule has 3 heterocycles. The van der Waals surface area contributed by atoms with Crippen LogP contribution in [-0.2, 0) is 13.1 Å². The molecule has 10 nitrogen and oxygen atoms in total. The van der Waals surface area contributed by atoms with Crippen LogP contribution in [0.3, 0.4) is 0 Å². The Hall–Kier alpha value is -4.45. The van der Waals surface area contributed by atoms with Crippen molar-refractivity contribution in [3.05, 3.63) is 103 Å². The number of carbonyl (C=O) groups excluding carboxylic acids is 1. The van der Waals surface area contributed by atoms with Crippen LogP contribution in [-0.4, -0.2) is 35.5 Å². The van der Waals surface area contributed by atoms with Crippen LogP contribution in [0.4, 0.5) is 4.39 Å². The molecule has 3 aromatic heterocycles. The molecule has 0 fully saturated rings. The molecule has 0 unspecified atom stereocenters. The molecule has 35 heavy (non-hydrogen) atoms. The van der Waals surface area contributed by atoms with Crippen LogP contribution in [0.15, 0.2) is 64.3 Å². The molecule has 1 amide bonds. The second-order valence-electron chi connectivity index (χ2n) is 7.81. The summed E-state index contributed by atoms with van der Waals surface area (Å²) in [6.07, 6.45) is 1.44. The minimum atomic E-state index is -0.535. The molecule has 12 heteroatoms. The van der Waals surface area contributed by atoms with Gasteiger partial charge < -0.3 is 5.32 Å².